The van der Waals surface area contributed by atoms with Gasteiger partial charge in [-0.05, 0) is 62.5 Å². The maximum absolute atomic E-state index is 5.12. The van der Waals surface area contributed by atoms with Crippen molar-refractivity contribution < 1.29 is 0 Å². The SMILES string of the molecule is c1ccc(-c2cc(-c3ccccc3)nc(-c3cccc(-c4c5ccccc5c(-c5cnc6ccccc6c5)c5ccccc45)c3)n2)cc1. The number of benzene rings is 7. The van der Waals surface area contributed by atoms with E-state index in [4.69, 9.17) is 15.0 Å². The first-order valence-corrected chi connectivity index (χ1v) is 16.2. The van der Waals surface area contributed by atoms with Gasteiger partial charge in [-0.15, -0.1) is 0 Å². The van der Waals surface area contributed by atoms with E-state index in [1.165, 1.54) is 32.7 Å². The van der Waals surface area contributed by atoms with Crippen LogP contribution >= 0.6 is 0 Å². The number of aromatic nitrogens is 3. The largest absolute Gasteiger partial charge is 0.256 e. The van der Waals surface area contributed by atoms with Crippen LogP contribution in [-0.4, -0.2) is 15.0 Å². The van der Waals surface area contributed by atoms with Crippen LogP contribution in [0.1, 0.15) is 0 Å². The van der Waals surface area contributed by atoms with Crippen LogP contribution in [0.25, 0.3) is 88.6 Å². The zero-order valence-corrected chi connectivity index (χ0v) is 26.1. The van der Waals surface area contributed by atoms with Crippen molar-refractivity contribution in [2.24, 2.45) is 0 Å². The molecule has 0 atom stereocenters. The summed E-state index contributed by atoms with van der Waals surface area (Å²) in [6.45, 7) is 0. The monoisotopic (exact) mass is 611 g/mol. The molecule has 7 aromatic carbocycles. The number of rotatable bonds is 5. The fraction of sp³-hybridized carbons (Fsp3) is 0. The van der Waals surface area contributed by atoms with Crippen LogP contribution in [0.2, 0.25) is 0 Å². The topological polar surface area (TPSA) is 38.7 Å². The third-order valence-electron chi connectivity index (χ3n) is 9.09. The third-order valence-corrected chi connectivity index (χ3v) is 9.09. The lowest BCUT2D eigenvalue weighted by atomic mass is 9.86. The molecule has 3 heteroatoms. The van der Waals surface area contributed by atoms with Crippen LogP contribution in [0.4, 0.5) is 0 Å². The minimum absolute atomic E-state index is 0.699. The van der Waals surface area contributed by atoms with Crippen LogP contribution in [0.15, 0.2) is 176 Å². The molecule has 2 aromatic heterocycles. The Kier molecular flexibility index (Phi) is 6.80. The third kappa shape index (κ3) is 4.90. The van der Waals surface area contributed by atoms with Gasteiger partial charge < -0.3 is 0 Å². The molecule has 0 N–H and O–H groups in total. The van der Waals surface area contributed by atoms with Crippen molar-refractivity contribution >= 4 is 32.4 Å². The van der Waals surface area contributed by atoms with Gasteiger partial charge in [-0.1, -0.05) is 146 Å². The van der Waals surface area contributed by atoms with Gasteiger partial charge in [-0.2, -0.15) is 0 Å². The van der Waals surface area contributed by atoms with Crippen LogP contribution < -0.4 is 0 Å². The minimum Gasteiger partial charge on any atom is -0.256 e. The van der Waals surface area contributed by atoms with Gasteiger partial charge in [0.2, 0.25) is 0 Å². The number of nitrogens with zero attached hydrogens (tertiary/aromatic N) is 3. The van der Waals surface area contributed by atoms with Crippen LogP contribution in [0.5, 0.6) is 0 Å². The molecule has 0 bridgehead atoms. The van der Waals surface area contributed by atoms with Gasteiger partial charge in [0.1, 0.15) is 0 Å². The first kappa shape index (κ1) is 27.8. The summed E-state index contributed by atoms with van der Waals surface area (Å²) in [7, 11) is 0. The molecule has 0 saturated carbocycles. The molecule has 0 radical (unpaired) electrons. The Balaban J connectivity index is 1.26. The molecule has 48 heavy (non-hydrogen) atoms. The molecule has 0 aliphatic rings. The molecule has 0 amide bonds. The van der Waals surface area contributed by atoms with Gasteiger partial charge in [-0.25, -0.2) is 9.97 Å². The Hall–Kier alpha value is -6.45. The fourth-order valence-corrected chi connectivity index (χ4v) is 6.86. The molecular formula is C45H29N3. The van der Waals surface area contributed by atoms with Crippen molar-refractivity contribution in [3.63, 3.8) is 0 Å². The highest BCUT2D eigenvalue weighted by atomic mass is 14.9. The molecule has 9 rings (SSSR count). The second-order valence-electron chi connectivity index (χ2n) is 12.0. The summed E-state index contributed by atoms with van der Waals surface area (Å²) in [5.74, 6) is 0.699. The molecule has 0 unspecified atom stereocenters. The van der Waals surface area contributed by atoms with Gasteiger partial charge >= 0.3 is 0 Å². The molecule has 0 saturated heterocycles. The molecule has 9 aromatic rings. The minimum atomic E-state index is 0.699. The highest BCUT2D eigenvalue weighted by Crippen LogP contribution is 2.44. The molecular weight excluding hydrogens is 583 g/mol. The molecule has 224 valence electrons. The lowest BCUT2D eigenvalue weighted by Crippen LogP contribution is -1.96. The maximum Gasteiger partial charge on any atom is 0.160 e. The second kappa shape index (κ2) is 11.7. The zero-order valence-electron chi connectivity index (χ0n) is 26.1. The Morgan fingerprint density at radius 2 is 0.812 bits per heavy atom. The van der Waals surface area contributed by atoms with E-state index in [2.05, 4.69) is 127 Å². The van der Waals surface area contributed by atoms with Gasteiger partial charge in [0.15, 0.2) is 5.82 Å². The van der Waals surface area contributed by atoms with Crippen molar-refractivity contribution in [1.82, 2.24) is 15.0 Å². The van der Waals surface area contributed by atoms with E-state index in [1.807, 2.05) is 48.7 Å². The number of hydrogen-bond donors (Lipinski definition) is 0. The summed E-state index contributed by atoms with van der Waals surface area (Å²) in [4.78, 5) is 15.1. The standard InChI is InChI=1S/C45H29N3/c1-3-14-30(15-4-1)41-28-42(31-16-5-2-6-17-31)48-45(47-41)34-20-13-19-33(27-34)43-36-21-8-10-23-38(36)44(39-24-11-9-22-37(39)43)35-26-32-18-7-12-25-40(32)46-29-35/h1-29H. The highest BCUT2D eigenvalue weighted by Gasteiger charge is 2.18. The predicted molar refractivity (Wildman–Crippen MR) is 200 cm³/mol. The average molecular weight is 612 g/mol. The molecule has 2 heterocycles. The Morgan fingerprint density at radius 1 is 0.333 bits per heavy atom. The van der Waals surface area contributed by atoms with Crippen LogP contribution in [0, 0.1) is 0 Å². The lowest BCUT2D eigenvalue weighted by Gasteiger charge is -2.18. The van der Waals surface area contributed by atoms with E-state index >= 15 is 0 Å². The summed E-state index contributed by atoms with van der Waals surface area (Å²) in [6.07, 6.45) is 2.01. The smallest absolute Gasteiger partial charge is 0.160 e. The van der Waals surface area contributed by atoms with Crippen LogP contribution in [-0.2, 0) is 0 Å². The fourth-order valence-electron chi connectivity index (χ4n) is 6.86. The van der Waals surface area contributed by atoms with Crippen molar-refractivity contribution in [1.29, 1.82) is 0 Å². The summed E-state index contributed by atoms with van der Waals surface area (Å²) in [5, 5.41) is 5.91. The van der Waals surface area contributed by atoms with Gasteiger partial charge in [0.25, 0.3) is 0 Å². The summed E-state index contributed by atoms with van der Waals surface area (Å²) < 4.78 is 0. The molecule has 0 aliphatic carbocycles. The molecule has 3 nitrogen and oxygen atoms in total. The Morgan fingerprint density at radius 3 is 1.42 bits per heavy atom. The van der Waals surface area contributed by atoms with Crippen molar-refractivity contribution in [2.75, 3.05) is 0 Å². The number of para-hydroxylation sites is 1. The van der Waals surface area contributed by atoms with Gasteiger partial charge in [0.05, 0.1) is 16.9 Å². The van der Waals surface area contributed by atoms with E-state index in [9.17, 15) is 0 Å². The Bertz CT molecular complexity index is 2500. The number of hydrogen-bond acceptors (Lipinski definition) is 3. The maximum atomic E-state index is 5.12. The van der Waals surface area contributed by atoms with E-state index in [0.717, 1.165) is 50.1 Å². The molecule has 0 spiro atoms. The van der Waals surface area contributed by atoms with E-state index in [0.29, 0.717) is 5.82 Å². The first-order valence-electron chi connectivity index (χ1n) is 16.2. The summed E-state index contributed by atoms with van der Waals surface area (Å²) in [5.41, 5.74) is 10.5. The summed E-state index contributed by atoms with van der Waals surface area (Å²) in [6, 6.07) is 59.4. The lowest BCUT2D eigenvalue weighted by molar-refractivity contribution is 1.18. The second-order valence-corrected chi connectivity index (χ2v) is 12.0. The highest BCUT2D eigenvalue weighted by molar-refractivity contribution is 6.21. The Labute approximate surface area is 278 Å². The molecule has 0 aliphatic heterocycles. The zero-order chi connectivity index (χ0) is 31.9. The molecule has 0 fully saturated rings. The predicted octanol–water partition coefficient (Wildman–Crippen LogP) is 11.7. The quantitative estimate of drug-likeness (QED) is 0.182. The summed E-state index contributed by atoms with van der Waals surface area (Å²) >= 11 is 0. The van der Waals surface area contributed by atoms with Gasteiger partial charge in [0, 0.05) is 33.8 Å². The normalized spacial score (nSPS) is 11.3. The van der Waals surface area contributed by atoms with Crippen LogP contribution in [0.3, 0.4) is 0 Å². The van der Waals surface area contributed by atoms with E-state index < -0.39 is 0 Å². The number of fused-ring (bicyclic) bond motifs is 3. The van der Waals surface area contributed by atoms with E-state index in [-0.39, 0.29) is 0 Å². The van der Waals surface area contributed by atoms with Crippen molar-refractivity contribution in [2.45, 2.75) is 0 Å². The van der Waals surface area contributed by atoms with Crippen molar-refractivity contribution in [3.05, 3.63) is 176 Å². The average Bonchev–Trinajstić information content (AvgIpc) is 3.17. The van der Waals surface area contributed by atoms with E-state index in [1.54, 1.807) is 0 Å². The first-order chi connectivity index (χ1) is 23.8. The van der Waals surface area contributed by atoms with Crippen molar-refractivity contribution in [3.8, 4) is 56.2 Å². The van der Waals surface area contributed by atoms with Gasteiger partial charge in [-0.3, -0.25) is 4.98 Å². The number of pyridine rings is 1.